The quantitative estimate of drug-likeness (QED) is 0.463. The van der Waals surface area contributed by atoms with Crippen molar-refractivity contribution in [3.05, 3.63) is 0 Å². The predicted molar refractivity (Wildman–Crippen MR) is 57.1 cm³/mol. The van der Waals surface area contributed by atoms with Gasteiger partial charge in [0.1, 0.15) is 0 Å². The van der Waals surface area contributed by atoms with Crippen molar-refractivity contribution in [1.82, 2.24) is 0 Å². The van der Waals surface area contributed by atoms with Gasteiger partial charge in [-0.3, -0.25) is 4.79 Å². The van der Waals surface area contributed by atoms with Crippen molar-refractivity contribution >= 4 is 5.97 Å². The van der Waals surface area contributed by atoms with E-state index < -0.39 is 0 Å². The lowest BCUT2D eigenvalue weighted by Gasteiger charge is -2.04. The lowest BCUT2D eigenvalue weighted by atomic mass is 9.99. The molecular weight excluding hydrogens is 176 g/mol. The van der Waals surface area contributed by atoms with Gasteiger partial charge in [-0.1, -0.05) is 45.4 Å². The molecule has 2 heteroatoms. The number of rotatable bonds is 7. The fourth-order valence-electron chi connectivity index (χ4n) is 1.97. The third kappa shape index (κ3) is 4.12. The summed E-state index contributed by atoms with van der Waals surface area (Å²) in [5.41, 5.74) is 0. The zero-order valence-corrected chi connectivity index (χ0v) is 9.26. The SMILES string of the molecule is CCCCCCCC[C@H]1CCOC1=O. The zero-order chi connectivity index (χ0) is 10.2. The van der Waals surface area contributed by atoms with Gasteiger partial charge >= 0.3 is 5.97 Å². The first-order valence-electron chi connectivity index (χ1n) is 6.01. The van der Waals surface area contributed by atoms with Gasteiger partial charge in [0, 0.05) is 0 Å². The molecule has 0 amide bonds. The Bertz CT molecular complexity index is 166. The molecule has 0 radical (unpaired) electrons. The maximum atomic E-state index is 11.1. The number of carbonyl (C=O) groups is 1. The van der Waals surface area contributed by atoms with E-state index in [1.165, 1.54) is 38.5 Å². The average Bonchev–Trinajstić information content (AvgIpc) is 2.58. The van der Waals surface area contributed by atoms with Crippen LogP contribution in [0.25, 0.3) is 0 Å². The van der Waals surface area contributed by atoms with E-state index in [1.54, 1.807) is 0 Å². The molecule has 0 spiro atoms. The van der Waals surface area contributed by atoms with Gasteiger partial charge in [0.05, 0.1) is 12.5 Å². The first-order chi connectivity index (χ1) is 6.84. The number of ether oxygens (including phenoxy) is 1. The van der Waals surface area contributed by atoms with Gasteiger partial charge in [-0.2, -0.15) is 0 Å². The largest absolute Gasteiger partial charge is 0.465 e. The van der Waals surface area contributed by atoms with Gasteiger partial charge in [-0.05, 0) is 12.8 Å². The average molecular weight is 198 g/mol. The zero-order valence-electron chi connectivity index (χ0n) is 9.26. The smallest absolute Gasteiger partial charge is 0.309 e. The van der Waals surface area contributed by atoms with E-state index in [0.29, 0.717) is 6.61 Å². The molecule has 1 heterocycles. The van der Waals surface area contributed by atoms with Crippen LogP contribution in [0.4, 0.5) is 0 Å². The summed E-state index contributed by atoms with van der Waals surface area (Å²) in [6, 6.07) is 0. The highest BCUT2D eigenvalue weighted by molar-refractivity contribution is 5.73. The van der Waals surface area contributed by atoms with E-state index >= 15 is 0 Å². The van der Waals surface area contributed by atoms with Crippen LogP contribution in [-0.2, 0) is 9.53 Å². The second-order valence-corrected chi connectivity index (χ2v) is 4.21. The summed E-state index contributed by atoms with van der Waals surface area (Å²) < 4.78 is 4.92. The van der Waals surface area contributed by atoms with Gasteiger partial charge < -0.3 is 4.74 Å². The van der Waals surface area contributed by atoms with Gasteiger partial charge in [-0.15, -0.1) is 0 Å². The number of carbonyl (C=O) groups excluding carboxylic acids is 1. The fourth-order valence-corrected chi connectivity index (χ4v) is 1.97. The number of cyclic esters (lactones) is 1. The highest BCUT2D eigenvalue weighted by Crippen LogP contribution is 2.21. The van der Waals surface area contributed by atoms with Crippen molar-refractivity contribution in [1.29, 1.82) is 0 Å². The van der Waals surface area contributed by atoms with Gasteiger partial charge in [0.2, 0.25) is 0 Å². The molecule has 0 N–H and O–H groups in total. The maximum Gasteiger partial charge on any atom is 0.309 e. The molecule has 0 aromatic heterocycles. The Hall–Kier alpha value is -0.530. The number of hydrogen-bond acceptors (Lipinski definition) is 2. The number of hydrogen-bond donors (Lipinski definition) is 0. The van der Waals surface area contributed by atoms with Crippen LogP contribution in [0.3, 0.4) is 0 Å². The lowest BCUT2D eigenvalue weighted by Crippen LogP contribution is -2.06. The summed E-state index contributed by atoms with van der Waals surface area (Å²) in [7, 11) is 0. The Labute approximate surface area is 87.0 Å². The van der Waals surface area contributed by atoms with Crippen LogP contribution in [-0.4, -0.2) is 12.6 Å². The Balaban J connectivity index is 1.90. The molecule has 82 valence electrons. The van der Waals surface area contributed by atoms with E-state index in [2.05, 4.69) is 6.92 Å². The fraction of sp³-hybridized carbons (Fsp3) is 0.917. The minimum absolute atomic E-state index is 0.0403. The third-order valence-electron chi connectivity index (χ3n) is 2.95. The Kier molecular flexibility index (Phi) is 5.65. The van der Waals surface area contributed by atoms with Crippen LogP contribution in [0.5, 0.6) is 0 Å². The summed E-state index contributed by atoms with van der Waals surface area (Å²) in [5, 5.41) is 0. The van der Waals surface area contributed by atoms with Crippen molar-refractivity contribution < 1.29 is 9.53 Å². The lowest BCUT2D eigenvalue weighted by molar-refractivity contribution is -0.141. The normalized spacial score (nSPS) is 21.2. The molecule has 0 unspecified atom stereocenters. The summed E-state index contributed by atoms with van der Waals surface area (Å²) in [5.74, 6) is 0.264. The molecule has 1 aliphatic heterocycles. The molecule has 1 fully saturated rings. The molecule has 0 aliphatic carbocycles. The minimum Gasteiger partial charge on any atom is -0.465 e. The summed E-state index contributed by atoms with van der Waals surface area (Å²) in [6.45, 7) is 2.88. The molecule has 0 aromatic carbocycles. The van der Waals surface area contributed by atoms with Crippen LogP contribution >= 0.6 is 0 Å². The monoisotopic (exact) mass is 198 g/mol. The molecule has 14 heavy (non-hydrogen) atoms. The van der Waals surface area contributed by atoms with E-state index in [9.17, 15) is 4.79 Å². The van der Waals surface area contributed by atoms with E-state index in [4.69, 9.17) is 4.74 Å². The predicted octanol–water partition coefficient (Wildman–Crippen LogP) is 3.30. The Morgan fingerprint density at radius 3 is 2.57 bits per heavy atom. The number of unbranched alkanes of at least 4 members (excludes halogenated alkanes) is 5. The first kappa shape index (κ1) is 11.5. The van der Waals surface area contributed by atoms with Crippen molar-refractivity contribution in [2.75, 3.05) is 6.61 Å². The summed E-state index contributed by atoms with van der Waals surface area (Å²) in [6.07, 6.45) is 9.81. The number of esters is 1. The molecule has 1 atom stereocenters. The topological polar surface area (TPSA) is 26.3 Å². The highest BCUT2D eigenvalue weighted by Gasteiger charge is 2.25. The van der Waals surface area contributed by atoms with Gasteiger partial charge in [-0.25, -0.2) is 0 Å². The third-order valence-corrected chi connectivity index (χ3v) is 2.95. The Morgan fingerprint density at radius 1 is 1.21 bits per heavy atom. The van der Waals surface area contributed by atoms with E-state index in [-0.39, 0.29) is 11.9 Å². The van der Waals surface area contributed by atoms with Crippen LogP contribution in [0.2, 0.25) is 0 Å². The second-order valence-electron chi connectivity index (χ2n) is 4.21. The molecule has 1 rings (SSSR count). The minimum atomic E-state index is 0.0403. The summed E-state index contributed by atoms with van der Waals surface area (Å²) in [4.78, 5) is 11.1. The molecular formula is C12H22O2. The summed E-state index contributed by atoms with van der Waals surface area (Å²) >= 11 is 0. The molecule has 1 saturated heterocycles. The van der Waals surface area contributed by atoms with Crippen molar-refractivity contribution in [2.24, 2.45) is 5.92 Å². The standard InChI is InChI=1S/C12H22O2/c1-2-3-4-5-6-7-8-11-9-10-14-12(11)13/h11H,2-10H2,1H3/t11-/m0/s1. The van der Waals surface area contributed by atoms with Crippen molar-refractivity contribution in [3.8, 4) is 0 Å². The first-order valence-corrected chi connectivity index (χ1v) is 6.01. The van der Waals surface area contributed by atoms with Crippen LogP contribution < -0.4 is 0 Å². The Morgan fingerprint density at radius 2 is 1.93 bits per heavy atom. The van der Waals surface area contributed by atoms with Crippen LogP contribution in [0.1, 0.15) is 58.3 Å². The molecule has 1 aliphatic rings. The second kappa shape index (κ2) is 6.86. The molecule has 0 aromatic rings. The maximum absolute atomic E-state index is 11.1. The van der Waals surface area contributed by atoms with Crippen molar-refractivity contribution in [2.45, 2.75) is 58.3 Å². The van der Waals surface area contributed by atoms with E-state index in [1.807, 2.05) is 0 Å². The van der Waals surface area contributed by atoms with Gasteiger partial charge in [0.25, 0.3) is 0 Å². The molecule has 2 nitrogen and oxygen atoms in total. The van der Waals surface area contributed by atoms with Crippen LogP contribution in [0, 0.1) is 5.92 Å². The highest BCUT2D eigenvalue weighted by atomic mass is 16.5. The molecule has 0 bridgehead atoms. The van der Waals surface area contributed by atoms with E-state index in [0.717, 1.165) is 12.8 Å². The van der Waals surface area contributed by atoms with Crippen molar-refractivity contribution in [3.63, 3.8) is 0 Å². The van der Waals surface area contributed by atoms with Gasteiger partial charge in [0.15, 0.2) is 0 Å². The van der Waals surface area contributed by atoms with Crippen LogP contribution in [0.15, 0.2) is 0 Å². The molecule has 0 saturated carbocycles.